The number of benzene rings is 1. The third kappa shape index (κ3) is 3.72. The van der Waals surface area contributed by atoms with Gasteiger partial charge in [-0.05, 0) is 37.0 Å². The molecule has 4 nitrogen and oxygen atoms in total. The zero-order valence-corrected chi connectivity index (χ0v) is 12.8. The van der Waals surface area contributed by atoms with E-state index in [0.717, 1.165) is 28.9 Å². The fourth-order valence-corrected chi connectivity index (χ4v) is 2.54. The highest BCUT2D eigenvalue weighted by molar-refractivity contribution is 5.70. The summed E-state index contributed by atoms with van der Waals surface area (Å²) in [6.45, 7) is 4.07. The van der Waals surface area contributed by atoms with Gasteiger partial charge in [0, 0.05) is 19.2 Å². The lowest BCUT2D eigenvalue weighted by Crippen LogP contribution is -2.21. The summed E-state index contributed by atoms with van der Waals surface area (Å²) in [7, 11) is 1.88. The van der Waals surface area contributed by atoms with Crippen molar-refractivity contribution in [2.45, 2.75) is 33.1 Å². The molecule has 1 heterocycles. The van der Waals surface area contributed by atoms with E-state index in [9.17, 15) is 9.90 Å². The second kappa shape index (κ2) is 6.57. The Hall–Kier alpha value is -2.10. The molecule has 0 radical (unpaired) electrons. The Labute approximate surface area is 125 Å². The number of hydrogen-bond acceptors (Lipinski definition) is 2. The van der Waals surface area contributed by atoms with Crippen molar-refractivity contribution in [2.75, 3.05) is 0 Å². The predicted molar refractivity (Wildman–Crippen MR) is 82.3 cm³/mol. The van der Waals surface area contributed by atoms with Crippen LogP contribution in [0.2, 0.25) is 0 Å². The minimum absolute atomic E-state index is 0.425. The van der Waals surface area contributed by atoms with Crippen LogP contribution in [0.3, 0.4) is 0 Å². The number of aromatic nitrogens is 2. The van der Waals surface area contributed by atoms with Gasteiger partial charge in [-0.3, -0.25) is 9.48 Å². The molecule has 0 aliphatic rings. The summed E-state index contributed by atoms with van der Waals surface area (Å²) in [6.07, 6.45) is 1.92. The third-order valence-electron chi connectivity index (χ3n) is 3.92. The molecule has 1 atom stereocenters. The monoisotopic (exact) mass is 286 g/mol. The smallest absolute Gasteiger partial charge is 0.307 e. The van der Waals surface area contributed by atoms with E-state index in [1.54, 1.807) is 4.68 Å². The number of carboxylic acids is 1. The summed E-state index contributed by atoms with van der Waals surface area (Å²) >= 11 is 0. The summed E-state index contributed by atoms with van der Waals surface area (Å²) in [4.78, 5) is 11.6. The molecule has 0 aliphatic carbocycles. The van der Waals surface area contributed by atoms with Crippen LogP contribution in [-0.4, -0.2) is 20.9 Å². The number of aryl methyl sites for hydroxylation is 3. The maximum atomic E-state index is 11.6. The lowest BCUT2D eigenvalue weighted by atomic mass is 9.92. The van der Waals surface area contributed by atoms with Crippen molar-refractivity contribution in [1.29, 1.82) is 0 Å². The van der Waals surface area contributed by atoms with E-state index in [1.165, 1.54) is 0 Å². The SMILES string of the molecule is CCc1cc(CC(Cc2ccccc2C)C(=O)O)n(C)n1. The predicted octanol–water partition coefficient (Wildman–Crippen LogP) is 2.78. The van der Waals surface area contributed by atoms with Crippen LogP contribution >= 0.6 is 0 Å². The molecule has 2 aromatic rings. The second-order valence-electron chi connectivity index (χ2n) is 5.47. The summed E-state index contributed by atoms with van der Waals surface area (Å²) < 4.78 is 1.80. The third-order valence-corrected chi connectivity index (χ3v) is 3.92. The quantitative estimate of drug-likeness (QED) is 0.888. The number of rotatable bonds is 6. The van der Waals surface area contributed by atoms with E-state index in [0.29, 0.717) is 12.8 Å². The first-order valence-electron chi connectivity index (χ1n) is 7.30. The summed E-state index contributed by atoms with van der Waals surface area (Å²) in [5, 5.41) is 13.9. The van der Waals surface area contributed by atoms with Gasteiger partial charge in [-0.25, -0.2) is 0 Å². The van der Waals surface area contributed by atoms with E-state index in [-0.39, 0.29) is 0 Å². The summed E-state index contributed by atoms with van der Waals surface area (Å²) in [5.74, 6) is -1.18. The molecule has 0 spiro atoms. The summed E-state index contributed by atoms with van der Waals surface area (Å²) in [6, 6.07) is 9.97. The van der Waals surface area contributed by atoms with Gasteiger partial charge in [0.15, 0.2) is 0 Å². The Balaban J connectivity index is 2.18. The molecular formula is C17H22N2O2. The Morgan fingerprint density at radius 1 is 1.33 bits per heavy atom. The first-order valence-corrected chi connectivity index (χ1v) is 7.30. The Bertz CT molecular complexity index is 631. The van der Waals surface area contributed by atoms with Crippen LogP contribution in [0.5, 0.6) is 0 Å². The lowest BCUT2D eigenvalue weighted by Gasteiger charge is -2.14. The average molecular weight is 286 g/mol. The Kier molecular flexibility index (Phi) is 4.78. The van der Waals surface area contributed by atoms with Crippen LogP contribution < -0.4 is 0 Å². The molecule has 0 aliphatic heterocycles. The van der Waals surface area contributed by atoms with E-state index >= 15 is 0 Å². The maximum absolute atomic E-state index is 11.6. The normalized spacial score (nSPS) is 12.3. The van der Waals surface area contributed by atoms with Crippen molar-refractivity contribution in [3.05, 3.63) is 52.8 Å². The molecule has 0 fully saturated rings. The maximum Gasteiger partial charge on any atom is 0.307 e. The molecule has 0 bridgehead atoms. The van der Waals surface area contributed by atoms with E-state index in [1.807, 2.05) is 51.2 Å². The number of hydrogen-bond donors (Lipinski definition) is 1. The zero-order valence-electron chi connectivity index (χ0n) is 12.8. The van der Waals surface area contributed by atoms with Gasteiger partial charge in [-0.1, -0.05) is 31.2 Å². The number of carboxylic acid groups (broad SMARTS) is 1. The molecule has 1 unspecified atom stereocenters. The first kappa shape index (κ1) is 15.3. The Morgan fingerprint density at radius 3 is 2.62 bits per heavy atom. The van der Waals surface area contributed by atoms with Crippen molar-refractivity contribution in [2.24, 2.45) is 13.0 Å². The van der Waals surface area contributed by atoms with Crippen LogP contribution in [0.4, 0.5) is 0 Å². The molecule has 1 aromatic carbocycles. The van der Waals surface area contributed by atoms with Gasteiger partial charge in [0.05, 0.1) is 11.6 Å². The number of carbonyl (C=O) groups is 1. The fraction of sp³-hybridized carbons (Fsp3) is 0.412. The minimum Gasteiger partial charge on any atom is -0.481 e. The molecule has 0 saturated carbocycles. The van der Waals surface area contributed by atoms with Gasteiger partial charge in [-0.2, -0.15) is 5.10 Å². The molecule has 1 N–H and O–H groups in total. The standard InChI is InChI=1S/C17H22N2O2/c1-4-15-11-16(19(3)18-15)10-14(17(20)21)9-13-8-6-5-7-12(13)2/h5-8,11,14H,4,9-10H2,1-3H3,(H,20,21). The van der Waals surface area contributed by atoms with Crippen LogP contribution in [-0.2, 0) is 31.1 Å². The van der Waals surface area contributed by atoms with Crippen molar-refractivity contribution < 1.29 is 9.90 Å². The van der Waals surface area contributed by atoms with E-state index < -0.39 is 11.9 Å². The van der Waals surface area contributed by atoms with E-state index in [4.69, 9.17) is 0 Å². The number of aliphatic carboxylic acids is 1. The van der Waals surface area contributed by atoms with Crippen LogP contribution in [0.1, 0.15) is 29.4 Å². The fourth-order valence-electron chi connectivity index (χ4n) is 2.54. The van der Waals surface area contributed by atoms with Gasteiger partial charge in [0.1, 0.15) is 0 Å². The number of nitrogens with zero attached hydrogens (tertiary/aromatic N) is 2. The summed E-state index contributed by atoms with van der Waals surface area (Å²) in [5.41, 5.74) is 4.23. The van der Waals surface area contributed by atoms with Crippen molar-refractivity contribution in [3.8, 4) is 0 Å². The zero-order chi connectivity index (χ0) is 15.4. The van der Waals surface area contributed by atoms with Crippen LogP contribution in [0.25, 0.3) is 0 Å². The van der Waals surface area contributed by atoms with E-state index in [2.05, 4.69) is 5.10 Å². The largest absolute Gasteiger partial charge is 0.481 e. The highest BCUT2D eigenvalue weighted by Gasteiger charge is 2.21. The first-order chi connectivity index (χ1) is 10.0. The van der Waals surface area contributed by atoms with Gasteiger partial charge in [0.25, 0.3) is 0 Å². The van der Waals surface area contributed by atoms with Gasteiger partial charge >= 0.3 is 5.97 Å². The van der Waals surface area contributed by atoms with Gasteiger partial charge < -0.3 is 5.11 Å². The van der Waals surface area contributed by atoms with Crippen LogP contribution in [0.15, 0.2) is 30.3 Å². The van der Waals surface area contributed by atoms with Gasteiger partial charge in [-0.15, -0.1) is 0 Å². The molecular weight excluding hydrogens is 264 g/mol. The highest BCUT2D eigenvalue weighted by atomic mass is 16.4. The molecule has 4 heteroatoms. The molecule has 2 rings (SSSR count). The average Bonchev–Trinajstić information content (AvgIpc) is 2.81. The molecule has 112 valence electrons. The minimum atomic E-state index is -0.752. The van der Waals surface area contributed by atoms with Crippen molar-refractivity contribution >= 4 is 5.97 Å². The Morgan fingerprint density at radius 2 is 2.05 bits per heavy atom. The molecule has 0 amide bonds. The molecule has 21 heavy (non-hydrogen) atoms. The van der Waals surface area contributed by atoms with Crippen LogP contribution in [0, 0.1) is 12.8 Å². The highest BCUT2D eigenvalue weighted by Crippen LogP contribution is 2.18. The van der Waals surface area contributed by atoms with Gasteiger partial charge in [0.2, 0.25) is 0 Å². The van der Waals surface area contributed by atoms with Crippen molar-refractivity contribution in [1.82, 2.24) is 9.78 Å². The lowest BCUT2D eigenvalue weighted by molar-refractivity contribution is -0.141. The topological polar surface area (TPSA) is 55.1 Å². The second-order valence-corrected chi connectivity index (χ2v) is 5.47. The van der Waals surface area contributed by atoms with Crippen molar-refractivity contribution in [3.63, 3.8) is 0 Å². The molecule has 0 saturated heterocycles. The molecule has 1 aromatic heterocycles.